The summed E-state index contributed by atoms with van der Waals surface area (Å²) >= 11 is 0. The van der Waals surface area contributed by atoms with Gasteiger partial charge in [-0.3, -0.25) is 4.98 Å². The molecular formula is C19H24N4O. The maximum Gasteiger partial charge on any atom is 0.147 e. The molecule has 3 rings (SSSR count). The lowest BCUT2D eigenvalue weighted by Gasteiger charge is -2.24. The Morgan fingerprint density at radius 1 is 1.38 bits per heavy atom. The average Bonchev–Trinajstić information content (AvgIpc) is 3.16. The largest absolute Gasteiger partial charge is 0.493 e. The molecule has 1 aromatic heterocycles. The van der Waals surface area contributed by atoms with Gasteiger partial charge in [0.05, 0.1) is 24.7 Å². The van der Waals surface area contributed by atoms with Gasteiger partial charge in [-0.15, -0.1) is 6.58 Å². The number of anilines is 1. The quantitative estimate of drug-likeness (QED) is 0.627. The van der Waals surface area contributed by atoms with Crippen molar-refractivity contribution in [3.8, 4) is 17.0 Å². The summed E-state index contributed by atoms with van der Waals surface area (Å²) in [5, 5.41) is 3.39. The van der Waals surface area contributed by atoms with Gasteiger partial charge < -0.3 is 15.0 Å². The number of rotatable bonds is 7. The molecule has 126 valence electrons. The molecule has 1 saturated heterocycles. The lowest BCUT2D eigenvalue weighted by Crippen LogP contribution is -2.34. The lowest BCUT2D eigenvalue weighted by molar-refractivity contribution is 0.326. The van der Waals surface area contributed by atoms with Gasteiger partial charge in [0.25, 0.3) is 0 Å². The molecule has 0 saturated carbocycles. The number of ether oxygens (including phenoxy) is 1. The maximum atomic E-state index is 5.87. The molecule has 1 atom stereocenters. The molecule has 0 spiro atoms. The van der Waals surface area contributed by atoms with Crippen LogP contribution in [0.3, 0.4) is 0 Å². The number of hydrogen-bond donors (Lipinski definition) is 1. The highest BCUT2D eigenvalue weighted by molar-refractivity contribution is 5.67. The summed E-state index contributed by atoms with van der Waals surface area (Å²) < 4.78 is 5.87. The summed E-state index contributed by atoms with van der Waals surface area (Å²) in [4.78, 5) is 11.4. The normalized spacial score (nSPS) is 16.8. The topological polar surface area (TPSA) is 50.3 Å². The number of hydrogen-bond acceptors (Lipinski definition) is 5. The van der Waals surface area contributed by atoms with Gasteiger partial charge in [-0.05, 0) is 31.5 Å². The van der Waals surface area contributed by atoms with Gasteiger partial charge in [-0.1, -0.05) is 18.2 Å². The minimum Gasteiger partial charge on any atom is -0.493 e. The SMILES string of the molecule is C=CCCOc1ccccc1-c1cncc(N(C)C2CCNC2)n1. The maximum absolute atomic E-state index is 5.87. The van der Waals surface area contributed by atoms with Gasteiger partial charge >= 0.3 is 0 Å². The molecule has 24 heavy (non-hydrogen) atoms. The Bertz CT molecular complexity index is 683. The van der Waals surface area contributed by atoms with E-state index in [4.69, 9.17) is 9.72 Å². The van der Waals surface area contributed by atoms with Crippen LogP contribution in [0.1, 0.15) is 12.8 Å². The second-order valence-corrected chi connectivity index (χ2v) is 5.94. The van der Waals surface area contributed by atoms with Crippen LogP contribution in [0.4, 0.5) is 5.82 Å². The first-order valence-corrected chi connectivity index (χ1v) is 8.38. The molecule has 5 nitrogen and oxygen atoms in total. The number of benzene rings is 1. The van der Waals surface area contributed by atoms with Crippen molar-refractivity contribution in [1.82, 2.24) is 15.3 Å². The second-order valence-electron chi connectivity index (χ2n) is 5.94. The highest BCUT2D eigenvalue weighted by atomic mass is 16.5. The predicted octanol–water partition coefficient (Wildman–Crippen LogP) is 2.90. The van der Waals surface area contributed by atoms with Crippen LogP contribution in [0.5, 0.6) is 5.75 Å². The van der Waals surface area contributed by atoms with Crippen LogP contribution < -0.4 is 15.0 Å². The third-order valence-corrected chi connectivity index (χ3v) is 4.31. The third kappa shape index (κ3) is 3.74. The van der Waals surface area contributed by atoms with Crippen molar-refractivity contribution in [2.24, 2.45) is 0 Å². The Labute approximate surface area is 143 Å². The van der Waals surface area contributed by atoms with Crippen LogP contribution in [0, 0.1) is 0 Å². The molecule has 1 unspecified atom stereocenters. The van der Waals surface area contributed by atoms with Crippen molar-refractivity contribution in [1.29, 1.82) is 0 Å². The number of aromatic nitrogens is 2. The van der Waals surface area contributed by atoms with Crippen LogP contribution in [-0.2, 0) is 0 Å². The van der Waals surface area contributed by atoms with E-state index in [0.29, 0.717) is 12.6 Å². The molecule has 0 aliphatic carbocycles. The van der Waals surface area contributed by atoms with E-state index in [1.807, 2.05) is 36.5 Å². The first-order chi connectivity index (χ1) is 11.8. The van der Waals surface area contributed by atoms with Gasteiger partial charge in [-0.25, -0.2) is 4.98 Å². The zero-order valence-corrected chi connectivity index (χ0v) is 14.1. The molecule has 0 bridgehead atoms. The van der Waals surface area contributed by atoms with Crippen LogP contribution in [-0.4, -0.2) is 42.8 Å². The number of likely N-dealkylation sites (N-methyl/N-ethyl adjacent to an activating group) is 1. The van der Waals surface area contributed by atoms with Gasteiger partial charge in [0.1, 0.15) is 11.6 Å². The Morgan fingerprint density at radius 3 is 3.04 bits per heavy atom. The average molecular weight is 324 g/mol. The van der Waals surface area contributed by atoms with E-state index >= 15 is 0 Å². The molecule has 2 heterocycles. The smallest absolute Gasteiger partial charge is 0.147 e. The van der Waals surface area contributed by atoms with Gasteiger partial charge in [0, 0.05) is 25.2 Å². The number of para-hydroxylation sites is 1. The van der Waals surface area contributed by atoms with Crippen LogP contribution >= 0.6 is 0 Å². The van der Waals surface area contributed by atoms with Crippen molar-refractivity contribution in [3.63, 3.8) is 0 Å². The van der Waals surface area contributed by atoms with Crippen molar-refractivity contribution in [3.05, 3.63) is 49.3 Å². The van der Waals surface area contributed by atoms with Gasteiger partial charge in [-0.2, -0.15) is 0 Å². The molecule has 0 amide bonds. The Kier molecular flexibility index (Phi) is 5.43. The summed E-state index contributed by atoms with van der Waals surface area (Å²) in [5.74, 6) is 1.72. The zero-order chi connectivity index (χ0) is 16.8. The van der Waals surface area contributed by atoms with E-state index in [1.165, 1.54) is 0 Å². The highest BCUT2D eigenvalue weighted by Gasteiger charge is 2.21. The highest BCUT2D eigenvalue weighted by Crippen LogP contribution is 2.29. The second kappa shape index (κ2) is 7.93. The van der Waals surface area contributed by atoms with Crippen molar-refractivity contribution >= 4 is 5.82 Å². The van der Waals surface area contributed by atoms with Crippen LogP contribution in [0.2, 0.25) is 0 Å². The fourth-order valence-electron chi connectivity index (χ4n) is 2.87. The monoisotopic (exact) mass is 324 g/mol. The van der Waals surface area contributed by atoms with E-state index in [2.05, 4.69) is 28.8 Å². The van der Waals surface area contributed by atoms with Crippen molar-refractivity contribution in [2.75, 3.05) is 31.6 Å². The third-order valence-electron chi connectivity index (χ3n) is 4.31. The predicted molar refractivity (Wildman–Crippen MR) is 97.5 cm³/mol. The minimum atomic E-state index is 0.466. The first kappa shape index (κ1) is 16.5. The van der Waals surface area contributed by atoms with Gasteiger partial charge in [0.15, 0.2) is 0 Å². The summed E-state index contributed by atoms with van der Waals surface area (Å²) in [6.45, 7) is 6.39. The zero-order valence-electron chi connectivity index (χ0n) is 14.1. The molecular weight excluding hydrogens is 300 g/mol. The molecule has 0 radical (unpaired) electrons. The van der Waals surface area contributed by atoms with E-state index in [9.17, 15) is 0 Å². The van der Waals surface area contributed by atoms with Gasteiger partial charge in [0.2, 0.25) is 0 Å². The Hall–Kier alpha value is -2.40. The fourth-order valence-corrected chi connectivity index (χ4v) is 2.87. The van der Waals surface area contributed by atoms with Crippen LogP contribution in [0.15, 0.2) is 49.3 Å². The summed E-state index contributed by atoms with van der Waals surface area (Å²) in [5.41, 5.74) is 1.80. The lowest BCUT2D eigenvalue weighted by atomic mass is 10.1. The number of nitrogens with one attached hydrogen (secondary N) is 1. The molecule has 1 N–H and O–H groups in total. The van der Waals surface area contributed by atoms with E-state index in [-0.39, 0.29) is 0 Å². The van der Waals surface area contributed by atoms with Crippen molar-refractivity contribution < 1.29 is 4.74 Å². The van der Waals surface area contributed by atoms with E-state index < -0.39 is 0 Å². The molecule has 1 aliphatic heterocycles. The minimum absolute atomic E-state index is 0.466. The fraction of sp³-hybridized carbons (Fsp3) is 0.368. The van der Waals surface area contributed by atoms with Crippen molar-refractivity contribution in [2.45, 2.75) is 18.9 Å². The standard InChI is InChI=1S/C19H24N4O/c1-3-4-11-24-18-8-6-5-7-16(18)17-13-21-14-19(22-17)23(2)15-9-10-20-12-15/h3,5-8,13-15,20H,1,4,9-12H2,2H3. The Balaban J connectivity index is 1.84. The molecule has 2 aromatic rings. The van der Waals surface area contributed by atoms with E-state index in [0.717, 1.165) is 48.8 Å². The summed E-state index contributed by atoms with van der Waals surface area (Å²) in [7, 11) is 2.08. The van der Waals surface area contributed by atoms with E-state index in [1.54, 1.807) is 6.20 Å². The molecule has 1 aromatic carbocycles. The molecule has 5 heteroatoms. The Morgan fingerprint density at radius 2 is 2.25 bits per heavy atom. The number of nitrogens with zero attached hydrogens (tertiary/aromatic N) is 3. The summed E-state index contributed by atoms with van der Waals surface area (Å²) in [6.07, 6.45) is 7.41. The molecule has 1 fully saturated rings. The summed E-state index contributed by atoms with van der Waals surface area (Å²) in [6, 6.07) is 8.43. The first-order valence-electron chi connectivity index (χ1n) is 8.38. The van der Waals surface area contributed by atoms with Crippen LogP contribution in [0.25, 0.3) is 11.3 Å². The molecule has 1 aliphatic rings.